The minimum Gasteiger partial charge on any atom is -0.467 e. The minimum absolute atomic E-state index is 0.0176. The van der Waals surface area contributed by atoms with Crippen LogP contribution in [0.15, 0.2) is 48.5 Å². The molecule has 0 aliphatic heterocycles. The Kier molecular flexibility index (Phi) is 6.35. The molecule has 1 heterocycles. The lowest BCUT2D eigenvalue weighted by molar-refractivity contribution is -0.141. The van der Waals surface area contributed by atoms with Crippen LogP contribution >= 0.6 is 11.6 Å². The predicted octanol–water partition coefficient (Wildman–Crippen LogP) is 5.72. The highest BCUT2D eigenvalue weighted by Gasteiger charge is 2.36. The van der Waals surface area contributed by atoms with E-state index >= 15 is 0 Å². The van der Waals surface area contributed by atoms with Crippen molar-refractivity contribution in [3.8, 4) is 11.6 Å². The smallest absolute Gasteiger partial charge is 0.435 e. The number of anilines is 1. The maximum Gasteiger partial charge on any atom is 0.435 e. The van der Waals surface area contributed by atoms with Gasteiger partial charge in [-0.25, -0.2) is 4.39 Å². The minimum atomic E-state index is -4.84. The Labute approximate surface area is 180 Å². The van der Waals surface area contributed by atoms with Crippen molar-refractivity contribution < 1.29 is 40.3 Å². The summed E-state index contributed by atoms with van der Waals surface area (Å²) in [6.07, 6.45) is -9.62. The first-order chi connectivity index (χ1) is 14.9. The number of benzene rings is 2. The first kappa shape index (κ1) is 23.4. The SMILES string of the molecule is O=C(COc1cc(C(F)(F)F)nn1-c1ccccc1Cl)Nc1cc(C(F)(F)F)ccc1F. The Morgan fingerprint density at radius 2 is 1.72 bits per heavy atom. The van der Waals surface area contributed by atoms with Gasteiger partial charge in [0.2, 0.25) is 5.88 Å². The van der Waals surface area contributed by atoms with Crippen LogP contribution in [0.25, 0.3) is 5.69 Å². The fraction of sp³-hybridized carbons (Fsp3) is 0.158. The maximum absolute atomic E-state index is 13.8. The number of carbonyl (C=O) groups is 1. The third-order valence-electron chi connectivity index (χ3n) is 3.97. The van der Waals surface area contributed by atoms with E-state index in [4.69, 9.17) is 16.3 Å². The van der Waals surface area contributed by atoms with E-state index in [1.807, 2.05) is 5.32 Å². The van der Waals surface area contributed by atoms with Crippen LogP contribution in [-0.4, -0.2) is 22.3 Å². The number of hydrogen-bond acceptors (Lipinski definition) is 3. The molecule has 1 aromatic heterocycles. The summed E-state index contributed by atoms with van der Waals surface area (Å²) in [7, 11) is 0. The van der Waals surface area contributed by atoms with Crippen LogP contribution in [0.3, 0.4) is 0 Å². The second-order valence-electron chi connectivity index (χ2n) is 6.26. The summed E-state index contributed by atoms with van der Waals surface area (Å²) in [5.74, 6) is -2.79. The van der Waals surface area contributed by atoms with Crippen molar-refractivity contribution >= 4 is 23.2 Å². The predicted molar refractivity (Wildman–Crippen MR) is 99.1 cm³/mol. The molecule has 0 bridgehead atoms. The number of halogens is 8. The third-order valence-corrected chi connectivity index (χ3v) is 4.29. The van der Waals surface area contributed by atoms with Crippen molar-refractivity contribution in [2.24, 2.45) is 0 Å². The van der Waals surface area contributed by atoms with Crippen molar-refractivity contribution in [3.63, 3.8) is 0 Å². The van der Waals surface area contributed by atoms with E-state index in [1.165, 1.54) is 24.3 Å². The van der Waals surface area contributed by atoms with Gasteiger partial charge in [0.15, 0.2) is 12.3 Å². The highest BCUT2D eigenvalue weighted by molar-refractivity contribution is 6.32. The zero-order chi connectivity index (χ0) is 23.7. The molecule has 3 rings (SSSR count). The van der Waals surface area contributed by atoms with E-state index in [2.05, 4.69) is 5.10 Å². The molecule has 32 heavy (non-hydrogen) atoms. The number of amides is 1. The fourth-order valence-electron chi connectivity index (χ4n) is 2.52. The summed E-state index contributed by atoms with van der Waals surface area (Å²) < 4.78 is 97.1. The Hall–Kier alpha value is -3.28. The number of hydrogen-bond donors (Lipinski definition) is 1. The lowest BCUT2D eigenvalue weighted by Gasteiger charge is -2.12. The maximum atomic E-state index is 13.8. The molecule has 5 nitrogen and oxygen atoms in total. The van der Waals surface area contributed by atoms with Gasteiger partial charge in [-0.2, -0.15) is 36.1 Å². The molecule has 0 saturated carbocycles. The Morgan fingerprint density at radius 1 is 1.03 bits per heavy atom. The van der Waals surface area contributed by atoms with Crippen LogP contribution in [0, 0.1) is 5.82 Å². The summed E-state index contributed by atoms with van der Waals surface area (Å²) >= 11 is 5.98. The molecule has 0 saturated heterocycles. The van der Waals surface area contributed by atoms with Gasteiger partial charge in [0, 0.05) is 6.07 Å². The zero-order valence-corrected chi connectivity index (χ0v) is 16.3. The standard InChI is InChI=1S/C19H11ClF7N3O2/c20-11-3-1-2-4-14(11)30-17(8-15(29-30)19(25,26)27)32-9-16(31)28-13-7-10(18(22,23)24)5-6-12(13)21/h1-8H,9H2,(H,28,31). The summed E-state index contributed by atoms with van der Waals surface area (Å²) in [6, 6.07) is 7.63. The van der Waals surface area contributed by atoms with Crippen LogP contribution in [0.2, 0.25) is 5.02 Å². The molecule has 13 heteroatoms. The summed E-state index contributed by atoms with van der Waals surface area (Å²) in [5.41, 5.74) is -3.30. The van der Waals surface area contributed by atoms with Crippen LogP contribution < -0.4 is 10.1 Å². The normalized spacial score (nSPS) is 12.0. The van der Waals surface area contributed by atoms with Crippen LogP contribution in [0.4, 0.5) is 36.4 Å². The number of aromatic nitrogens is 2. The third kappa shape index (κ3) is 5.31. The van der Waals surface area contributed by atoms with Crippen LogP contribution in [0.5, 0.6) is 5.88 Å². The molecular weight excluding hydrogens is 471 g/mol. The molecule has 1 N–H and O–H groups in total. The quantitative estimate of drug-likeness (QED) is 0.474. The number of para-hydroxylation sites is 1. The highest BCUT2D eigenvalue weighted by atomic mass is 35.5. The molecule has 2 aromatic carbocycles. The number of alkyl halides is 6. The van der Waals surface area contributed by atoms with Gasteiger partial charge in [0.25, 0.3) is 5.91 Å². The molecule has 0 atom stereocenters. The van der Waals surface area contributed by atoms with Crippen molar-refractivity contribution in [2.45, 2.75) is 12.4 Å². The van der Waals surface area contributed by atoms with E-state index in [-0.39, 0.29) is 10.7 Å². The summed E-state index contributed by atoms with van der Waals surface area (Å²) in [4.78, 5) is 12.1. The van der Waals surface area contributed by atoms with Crippen molar-refractivity contribution in [1.82, 2.24) is 9.78 Å². The van der Waals surface area contributed by atoms with Crippen LogP contribution in [-0.2, 0) is 17.1 Å². The van der Waals surface area contributed by atoms with Gasteiger partial charge < -0.3 is 10.1 Å². The molecule has 0 spiro atoms. The lowest BCUT2D eigenvalue weighted by Crippen LogP contribution is -2.22. The van der Waals surface area contributed by atoms with E-state index in [0.29, 0.717) is 28.9 Å². The van der Waals surface area contributed by atoms with Crippen LogP contribution in [0.1, 0.15) is 11.3 Å². The number of rotatable bonds is 5. The highest BCUT2D eigenvalue weighted by Crippen LogP contribution is 2.34. The largest absolute Gasteiger partial charge is 0.467 e. The second-order valence-corrected chi connectivity index (χ2v) is 6.67. The van der Waals surface area contributed by atoms with Gasteiger partial charge in [-0.1, -0.05) is 23.7 Å². The fourth-order valence-corrected chi connectivity index (χ4v) is 2.74. The first-order valence-corrected chi connectivity index (χ1v) is 8.95. The number of nitrogens with one attached hydrogen (secondary N) is 1. The van der Waals surface area contributed by atoms with Crippen molar-refractivity contribution in [1.29, 1.82) is 0 Å². The molecule has 0 aliphatic rings. The van der Waals surface area contributed by atoms with E-state index < -0.39 is 53.5 Å². The molecule has 0 fully saturated rings. The molecule has 170 valence electrons. The molecule has 3 aromatic rings. The Bertz CT molecular complexity index is 1140. The average Bonchev–Trinajstić information content (AvgIpc) is 3.12. The lowest BCUT2D eigenvalue weighted by atomic mass is 10.2. The molecule has 1 amide bonds. The number of carbonyl (C=O) groups excluding carboxylic acids is 1. The Morgan fingerprint density at radius 3 is 2.34 bits per heavy atom. The van der Waals surface area contributed by atoms with Gasteiger partial charge in [0.05, 0.1) is 22.0 Å². The zero-order valence-electron chi connectivity index (χ0n) is 15.6. The topological polar surface area (TPSA) is 56.1 Å². The van der Waals surface area contributed by atoms with E-state index in [0.717, 1.165) is 0 Å². The van der Waals surface area contributed by atoms with Gasteiger partial charge >= 0.3 is 12.4 Å². The van der Waals surface area contributed by atoms with E-state index in [9.17, 15) is 35.5 Å². The van der Waals surface area contributed by atoms with Crippen molar-refractivity contribution in [2.75, 3.05) is 11.9 Å². The summed E-state index contributed by atoms with van der Waals surface area (Å²) in [5, 5.41) is 5.31. The van der Waals surface area contributed by atoms with Gasteiger partial charge in [-0.15, -0.1) is 0 Å². The Balaban J connectivity index is 1.82. The molecule has 0 radical (unpaired) electrons. The second kappa shape index (κ2) is 8.69. The van der Waals surface area contributed by atoms with Gasteiger partial charge in [0.1, 0.15) is 5.82 Å². The molecule has 0 unspecified atom stereocenters. The number of nitrogens with zero attached hydrogens (tertiary/aromatic N) is 2. The van der Waals surface area contributed by atoms with Gasteiger partial charge in [-0.05, 0) is 30.3 Å². The average molecular weight is 482 g/mol. The van der Waals surface area contributed by atoms with Gasteiger partial charge in [-0.3, -0.25) is 4.79 Å². The molecular formula is C19H11ClF7N3O2. The first-order valence-electron chi connectivity index (χ1n) is 8.58. The number of ether oxygens (including phenoxy) is 1. The molecule has 0 aliphatic carbocycles. The summed E-state index contributed by atoms with van der Waals surface area (Å²) in [6.45, 7) is -0.955. The monoisotopic (exact) mass is 481 g/mol. The van der Waals surface area contributed by atoms with Crippen molar-refractivity contribution in [3.05, 3.63) is 70.6 Å². The van der Waals surface area contributed by atoms with E-state index in [1.54, 1.807) is 0 Å².